The third kappa shape index (κ3) is 44.7. The fraction of sp³-hybridized carbons (Fsp3) is 0.745. The normalized spacial score (nSPS) is 13.6. The Morgan fingerprint density at radius 3 is 1.51 bits per heavy atom. The second kappa shape index (κ2) is 41.9. The number of phosphoric acid groups is 1. The molecule has 0 aromatic rings. The highest BCUT2D eigenvalue weighted by atomic mass is 31.2. The van der Waals surface area contributed by atoms with Gasteiger partial charge in [0.15, 0.2) is 6.10 Å². The Bertz CT molecular complexity index is 1120. The summed E-state index contributed by atoms with van der Waals surface area (Å²) < 4.78 is 26.4. The summed E-state index contributed by atoms with van der Waals surface area (Å²) in [5.74, 6) is -0.973. The summed E-state index contributed by atoms with van der Waals surface area (Å²) in [6.07, 6.45) is 50.0. The summed E-state index contributed by atoms with van der Waals surface area (Å²) >= 11 is 0. The van der Waals surface area contributed by atoms with Crippen molar-refractivity contribution >= 4 is 19.8 Å². The first-order valence-electron chi connectivity index (χ1n) is 22.7. The number of hydrogen-bond donors (Lipinski definition) is 3. The van der Waals surface area contributed by atoms with Gasteiger partial charge in [-0.05, 0) is 70.6 Å². The first-order valence-corrected chi connectivity index (χ1v) is 24.2. The lowest BCUT2D eigenvalue weighted by atomic mass is 10.0. The number of aliphatic hydroxyl groups is 1. The molecule has 0 aromatic carbocycles. The van der Waals surface area contributed by atoms with Crippen molar-refractivity contribution in [3.63, 3.8) is 0 Å². The highest BCUT2D eigenvalue weighted by Gasteiger charge is 2.22. The van der Waals surface area contributed by atoms with Crippen LogP contribution in [0.15, 0.2) is 60.8 Å². The smallest absolute Gasteiger partial charge is 0.462 e. The molecule has 0 radical (unpaired) electrons. The molecular formula is C47H83O9P. The Balaban J connectivity index is 3.98. The van der Waals surface area contributed by atoms with Crippen molar-refractivity contribution in [3.8, 4) is 0 Å². The molecule has 0 unspecified atom stereocenters. The number of allylic oxidation sites excluding steroid dienone is 9. The van der Waals surface area contributed by atoms with E-state index in [1.165, 1.54) is 96.3 Å². The van der Waals surface area contributed by atoms with E-state index >= 15 is 0 Å². The van der Waals surface area contributed by atoms with Crippen molar-refractivity contribution < 1.29 is 43.0 Å². The van der Waals surface area contributed by atoms with Gasteiger partial charge in [0.2, 0.25) is 0 Å². The monoisotopic (exact) mass is 823 g/mol. The first-order chi connectivity index (χ1) is 27.7. The minimum Gasteiger partial charge on any atom is -0.462 e. The zero-order valence-corrected chi connectivity index (χ0v) is 37.0. The van der Waals surface area contributed by atoms with Gasteiger partial charge in [-0.15, -0.1) is 0 Å². The van der Waals surface area contributed by atoms with E-state index < -0.39 is 32.5 Å². The van der Waals surface area contributed by atoms with Gasteiger partial charge in [-0.3, -0.25) is 14.1 Å². The Morgan fingerprint density at radius 1 is 0.526 bits per heavy atom. The number of esters is 2. The van der Waals surface area contributed by atoms with Crippen LogP contribution in [0, 0.1) is 0 Å². The lowest BCUT2D eigenvalue weighted by molar-refractivity contribution is -0.161. The summed E-state index contributed by atoms with van der Waals surface area (Å²) in [6.45, 7) is 3.49. The maximum absolute atomic E-state index is 12.4. The lowest BCUT2D eigenvalue weighted by Crippen LogP contribution is -2.29. The summed E-state index contributed by atoms with van der Waals surface area (Å²) in [5, 5.41) is 9.80. The van der Waals surface area contributed by atoms with Crippen molar-refractivity contribution in [2.24, 2.45) is 0 Å². The summed E-state index contributed by atoms with van der Waals surface area (Å²) in [4.78, 5) is 42.9. The molecule has 0 aliphatic heterocycles. The fourth-order valence-electron chi connectivity index (χ4n) is 6.14. The van der Waals surface area contributed by atoms with Crippen LogP contribution >= 0.6 is 7.82 Å². The maximum Gasteiger partial charge on any atom is 0.469 e. The van der Waals surface area contributed by atoms with Crippen LogP contribution in [-0.4, -0.2) is 52.3 Å². The molecule has 0 aromatic heterocycles. The van der Waals surface area contributed by atoms with Crippen LogP contribution in [0.25, 0.3) is 0 Å². The first kappa shape index (κ1) is 54.7. The molecule has 0 spiro atoms. The van der Waals surface area contributed by atoms with Crippen LogP contribution in [-0.2, 0) is 28.2 Å². The van der Waals surface area contributed by atoms with Gasteiger partial charge in [-0.2, -0.15) is 0 Å². The van der Waals surface area contributed by atoms with Gasteiger partial charge in [0.05, 0.1) is 12.7 Å². The topological polar surface area (TPSA) is 140 Å². The maximum atomic E-state index is 12.4. The lowest BCUT2D eigenvalue weighted by Gasteiger charge is -2.18. The minimum atomic E-state index is -4.78. The number of phosphoric ester groups is 1. The molecule has 3 N–H and O–H groups in total. The SMILES string of the molecule is CCCCCCCC/C=C\CCCCCCCCCCCCCC(=O)O[C@H](COC(=O)CCC/C=C\C/C=C\C/C=C\C/C=C\[C@@H](O)CCCC)COP(=O)(O)O. The van der Waals surface area contributed by atoms with Crippen LogP contribution in [0.4, 0.5) is 0 Å². The second-order valence-corrected chi connectivity index (χ2v) is 16.4. The molecule has 0 saturated carbocycles. The molecule has 9 nitrogen and oxygen atoms in total. The molecule has 0 aliphatic rings. The van der Waals surface area contributed by atoms with Gasteiger partial charge in [0.1, 0.15) is 6.61 Å². The molecular weight excluding hydrogens is 739 g/mol. The molecule has 2 atom stereocenters. The number of carbonyl (C=O) groups is 2. The van der Waals surface area contributed by atoms with Crippen molar-refractivity contribution in [2.45, 2.75) is 212 Å². The molecule has 0 amide bonds. The van der Waals surface area contributed by atoms with Crippen molar-refractivity contribution in [1.82, 2.24) is 0 Å². The number of unbranched alkanes of at least 4 members (excludes halogenated alkanes) is 19. The number of ether oxygens (including phenoxy) is 2. The standard InChI is InChI=1S/C47H83O9P/c1-3-5-7-8-9-10-11-12-13-14-15-16-17-18-19-20-25-28-31-34-37-41-47(50)56-45(43-55-57(51,52)53)42-54-46(49)40-36-33-30-27-24-22-21-23-26-29-32-35-39-44(48)38-6-4-2/h12-13,21-22,26-27,29-30,35,39,44-45,48H,3-11,14-20,23-25,28,31-34,36-38,40-43H2,1-2H3,(H2,51,52,53)/b13-12-,22-21-,29-26-,30-27-,39-35-/t44-,45+/m0/s1. The molecule has 0 saturated heterocycles. The van der Waals surface area contributed by atoms with E-state index in [1.54, 1.807) is 0 Å². The van der Waals surface area contributed by atoms with Gasteiger partial charge in [-0.25, -0.2) is 4.57 Å². The van der Waals surface area contributed by atoms with E-state index in [1.807, 2.05) is 24.3 Å². The Labute approximate surface area is 348 Å². The van der Waals surface area contributed by atoms with E-state index in [9.17, 15) is 19.3 Å². The summed E-state index contributed by atoms with van der Waals surface area (Å²) in [6, 6.07) is 0. The third-order valence-corrected chi connectivity index (χ3v) is 10.1. The Kier molecular flexibility index (Phi) is 40.2. The Morgan fingerprint density at radius 2 is 0.965 bits per heavy atom. The van der Waals surface area contributed by atoms with Crippen molar-refractivity contribution in [1.29, 1.82) is 0 Å². The van der Waals surface area contributed by atoms with Crippen LogP contribution in [0.3, 0.4) is 0 Å². The van der Waals surface area contributed by atoms with E-state index in [2.05, 4.69) is 54.8 Å². The van der Waals surface area contributed by atoms with Crippen LogP contribution in [0.2, 0.25) is 0 Å². The van der Waals surface area contributed by atoms with E-state index in [4.69, 9.17) is 19.3 Å². The fourth-order valence-corrected chi connectivity index (χ4v) is 6.50. The van der Waals surface area contributed by atoms with Gasteiger partial charge in [0.25, 0.3) is 0 Å². The summed E-state index contributed by atoms with van der Waals surface area (Å²) in [7, 11) is -4.78. The number of aliphatic hydroxyl groups excluding tert-OH is 1. The quantitative estimate of drug-likeness (QED) is 0.0238. The number of rotatable bonds is 41. The largest absolute Gasteiger partial charge is 0.469 e. The minimum absolute atomic E-state index is 0.173. The number of hydrogen-bond acceptors (Lipinski definition) is 7. The van der Waals surface area contributed by atoms with Crippen LogP contribution < -0.4 is 0 Å². The van der Waals surface area contributed by atoms with E-state index in [-0.39, 0.29) is 25.6 Å². The Hall–Kier alpha value is -2.29. The van der Waals surface area contributed by atoms with Crippen LogP contribution in [0.5, 0.6) is 0 Å². The highest BCUT2D eigenvalue weighted by Crippen LogP contribution is 2.36. The molecule has 0 aliphatic carbocycles. The zero-order valence-electron chi connectivity index (χ0n) is 36.1. The van der Waals surface area contributed by atoms with Gasteiger partial charge in [0, 0.05) is 12.8 Å². The third-order valence-electron chi connectivity index (χ3n) is 9.58. The van der Waals surface area contributed by atoms with Crippen molar-refractivity contribution in [2.75, 3.05) is 13.2 Å². The average Bonchev–Trinajstić information content (AvgIpc) is 3.18. The van der Waals surface area contributed by atoms with Gasteiger partial charge < -0.3 is 24.4 Å². The van der Waals surface area contributed by atoms with E-state index in [0.29, 0.717) is 19.3 Å². The molecule has 0 bridgehead atoms. The molecule has 0 rings (SSSR count). The predicted molar refractivity (Wildman–Crippen MR) is 236 cm³/mol. The average molecular weight is 823 g/mol. The molecule has 10 heteroatoms. The molecule has 330 valence electrons. The highest BCUT2D eigenvalue weighted by molar-refractivity contribution is 7.46. The summed E-state index contributed by atoms with van der Waals surface area (Å²) in [5.41, 5.74) is 0. The molecule has 57 heavy (non-hydrogen) atoms. The van der Waals surface area contributed by atoms with Crippen LogP contribution in [0.1, 0.15) is 200 Å². The van der Waals surface area contributed by atoms with Gasteiger partial charge in [-0.1, -0.05) is 177 Å². The molecule has 0 heterocycles. The zero-order chi connectivity index (χ0) is 41.9. The van der Waals surface area contributed by atoms with Gasteiger partial charge >= 0.3 is 19.8 Å². The van der Waals surface area contributed by atoms with E-state index in [0.717, 1.165) is 57.8 Å². The van der Waals surface area contributed by atoms with Crippen molar-refractivity contribution in [3.05, 3.63) is 60.8 Å². The molecule has 0 fully saturated rings. The predicted octanol–water partition coefficient (Wildman–Crippen LogP) is 13.0. The second-order valence-electron chi connectivity index (χ2n) is 15.2. The number of carbonyl (C=O) groups excluding carboxylic acids is 2.